The molecular weight excluding hydrogens is 196 g/mol. The van der Waals surface area contributed by atoms with E-state index in [2.05, 4.69) is 41.5 Å². The van der Waals surface area contributed by atoms with Gasteiger partial charge < -0.3 is 11.5 Å². The lowest BCUT2D eigenvalue weighted by Crippen LogP contribution is -2.33. The van der Waals surface area contributed by atoms with Gasteiger partial charge in [-0.05, 0) is 48.6 Å². The Kier molecular flexibility index (Phi) is 5.99. The van der Waals surface area contributed by atoms with Crippen molar-refractivity contribution < 1.29 is 0 Å². The van der Waals surface area contributed by atoms with Gasteiger partial charge in [-0.15, -0.1) is 0 Å². The van der Waals surface area contributed by atoms with Crippen LogP contribution in [0.4, 0.5) is 0 Å². The zero-order valence-electron chi connectivity index (χ0n) is 12.1. The smallest absolute Gasteiger partial charge is 0.00438 e. The lowest BCUT2D eigenvalue weighted by atomic mass is 9.73. The van der Waals surface area contributed by atoms with Crippen molar-refractivity contribution in [2.24, 2.45) is 34.1 Å². The Labute approximate surface area is 102 Å². The van der Waals surface area contributed by atoms with Crippen molar-refractivity contribution in [2.75, 3.05) is 13.1 Å². The zero-order chi connectivity index (χ0) is 13.0. The van der Waals surface area contributed by atoms with Crippen LogP contribution in [0.15, 0.2) is 0 Å². The summed E-state index contributed by atoms with van der Waals surface area (Å²) in [5, 5.41) is 0. The highest BCUT2D eigenvalue weighted by Gasteiger charge is 2.27. The molecule has 4 N–H and O–H groups in total. The number of hydrogen-bond acceptors (Lipinski definition) is 2. The first-order valence-electron chi connectivity index (χ1n) is 6.50. The molecule has 0 aromatic carbocycles. The summed E-state index contributed by atoms with van der Waals surface area (Å²) in [6.07, 6.45) is 2.35. The van der Waals surface area contributed by atoms with E-state index in [0.29, 0.717) is 22.7 Å². The minimum absolute atomic E-state index is 0.292. The summed E-state index contributed by atoms with van der Waals surface area (Å²) in [5.74, 6) is 1.18. The predicted molar refractivity (Wildman–Crippen MR) is 73.2 cm³/mol. The van der Waals surface area contributed by atoms with Crippen LogP contribution in [0.25, 0.3) is 0 Å². The van der Waals surface area contributed by atoms with Crippen LogP contribution >= 0.6 is 0 Å². The van der Waals surface area contributed by atoms with Gasteiger partial charge in [-0.2, -0.15) is 0 Å². The van der Waals surface area contributed by atoms with Gasteiger partial charge in [0.15, 0.2) is 0 Å². The monoisotopic (exact) mass is 228 g/mol. The molecule has 98 valence electrons. The Balaban J connectivity index is 4.40. The predicted octanol–water partition coefficient (Wildman–Crippen LogP) is 3.01. The Morgan fingerprint density at radius 2 is 1.38 bits per heavy atom. The third kappa shape index (κ3) is 6.49. The first-order chi connectivity index (χ1) is 7.10. The van der Waals surface area contributed by atoms with E-state index in [-0.39, 0.29) is 0 Å². The van der Waals surface area contributed by atoms with Gasteiger partial charge in [0.2, 0.25) is 0 Å². The average Bonchev–Trinajstić information content (AvgIpc) is 2.07. The summed E-state index contributed by atoms with van der Waals surface area (Å²) in [6.45, 7) is 15.2. The van der Waals surface area contributed by atoms with E-state index >= 15 is 0 Å². The molecule has 0 aromatic rings. The van der Waals surface area contributed by atoms with Crippen molar-refractivity contribution in [1.29, 1.82) is 0 Å². The standard InChI is InChI=1S/C14H32N2/c1-13(2,3)8-11(9-15)7-12(10-16)14(4,5)6/h11-12H,7-10,15-16H2,1-6H3. The molecule has 0 saturated carbocycles. The molecular formula is C14H32N2. The second-order valence-electron chi connectivity index (χ2n) is 7.40. The van der Waals surface area contributed by atoms with Crippen LogP contribution in [-0.2, 0) is 0 Å². The quantitative estimate of drug-likeness (QED) is 0.760. The number of nitrogens with two attached hydrogens (primary N) is 2. The molecule has 0 aliphatic carbocycles. The topological polar surface area (TPSA) is 52.0 Å². The number of rotatable bonds is 5. The summed E-state index contributed by atoms with van der Waals surface area (Å²) in [7, 11) is 0. The van der Waals surface area contributed by atoms with Crippen molar-refractivity contribution in [3.63, 3.8) is 0 Å². The molecule has 0 rings (SSSR count). The van der Waals surface area contributed by atoms with Gasteiger partial charge in [-0.3, -0.25) is 0 Å². The van der Waals surface area contributed by atoms with Crippen LogP contribution in [0.5, 0.6) is 0 Å². The fourth-order valence-electron chi connectivity index (χ4n) is 2.33. The van der Waals surface area contributed by atoms with E-state index in [1.807, 2.05) is 0 Å². The second-order valence-corrected chi connectivity index (χ2v) is 7.40. The van der Waals surface area contributed by atoms with E-state index in [9.17, 15) is 0 Å². The Morgan fingerprint density at radius 1 is 0.875 bits per heavy atom. The second kappa shape index (κ2) is 6.02. The molecule has 0 aliphatic heterocycles. The maximum Gasteiger partial charge on any atom is -0.00438 e. The summed E-state index contributed by atoms with van der Waals surface area (Å²) >= 11 is 0. The largest absolute Gasteiger partial charge is 0.330 e. The highest BCUT2D eigenvalue weighted by Crippen LogP contribution is 2.34. The minimum Gasteiger partial charge on any atom is -0.330 e. The van der Waals surface area contributed by atoms with Crippen LogP contribution in [0.3, 0.4) is 0 Å². The van der Waals surface area contributed by atoms with Crippen LogP contribution in [0.2, 0.25) is 0 Å². The van der Waals surface area contributed by atoms with E-state index < -0.39 is 0 Å². The van der Waals surface area contributed by atoms with Gasteiger partial charge >= 0.3 is 0 Å². The molecule has 16 heavy (non-hydrogen) atoms. The van der Waals surface area contributed by atoms with Crippen molar-refractivity contribution >= 4 is 0 Å². The van der Waals surface area contributed by atoms with Crippen LogP contribution in [0, 0.1) is 22.7 Å². The fourth-order valence-corrected chi connectivity index (χ4v) is 2.33. The first-order valence-corrected chi connectivity index (χ1v) is 6.50. The Morgan fingerprint density at radius 3 is 1.62 bits per heavy atom. The summed E-state index contributed by atoms with van der Waals surface area (Å²) < 4.78 is 0. The van der Waals surface area contributed by atoms with Gasteiger partial charge in [-0.1, -0.05) is 41.5 Å². The van der Waals surface area contributed by atoms with Crippen molar-refractivity contribution in [3.05, 3.63) is 0 Å². The van der Waals surface area contributed by atoms with Gasteiger partial charge in [0.25, 0.3) is 0 Å². The summed E-state index contributed by atoms with van der Waals surface area (Å²) in [4.78, 5) is 0. The molecule has 2 heteroatoms. The normalized spacial score (nSPS) is 17.2. The van der Waals surface area contributed by atoms with Crippen molar-refractivity contribution in [1.82, 2.24) is 0 Å². The van der Waals surface area contributed by atoms with E-state index in [1.165, 1.54) is 6.42 Å². The molecule has 0 aromatic heterocycles. The average molecular weight is 228 g/mol. The minimum atomic E-state index is 0.292. The maximum atomic E-state index is 5.89. The molecule has 2 unspecified atom stereocenters. The van der Waals surface area contributed by atoms with Crippen LogP contribution < -0.4 is 11.5 Å². The van der Waals surface area contributed by atoms with Crippen LogP contribution in [-0.4, -0.2) is 13.1 Å². The molecule has 0 amide bonds. The Bertz CT molecular complexity index is 186. The van der Waals surface area contributed by atoms with Crippen LogP contribution in [0.1, 0.15) is 54.4 Å². The van der Waals surface area contributed by atoms with E-state index in [1.54, 1.807) is 0 Å². The summed E-state index contributed by atoms with van der Waals surface area (Å²) in [6, 6.07) is 0. The third-order valence-corrected chi connectivity index (χ3v) is 3.36. The SMILES string of the molecule is CC(C)(C)CC(CN)CC(CN)C(C)(C)C. The first kappa shape index (κ1) is 15.9. The lowest BCUT2D eigenvalue weighted by molar-refractivity contribution is 0.177. The van der Waals surface area contributed by atoms with E-state index in [0.717, 1.165) is 19.5 Å². The zero-order valence-corrected chi connectivity index (χ0v) is 12.1. The number of hydrogen-bond donors (Lipinski definition) is 2. The molecule has 0 fully saturated rings. The molecule has 0 saturated heterocycles. The third-order valence-electron chi connectivity index (χ3n) is 3.36. The van der Waals surface area contributed by atoms with Gasteiger partial charge in [0.05, 0.1) is 0 Å². The van der Waals surface area contributed by atoms with Crippen molar-refractivity contribution in [3.8, 4) is 0 Å². The van der Waals surface area contributed by atoms with Crippen molar-refractivity contribution in [2.45, 2.75) is 54.4 Å². The molecule has 0 radical (unpaired) electrons. The lowest BCUT2D eigenvalue weighted by Gasteiger charge is -2.34. The summed E-state index contributed by atoms with van der Waals surface area (Å²) in [5.41, 5.74) is 12.4. The van der Waals surface area contributed by atoms with Gasteiger partial charge in [0, 0.05) is 0 Å². The maximum absolute atomic E-state index is 5.89. The molecule has 0 aliphatic rings. The Hall–Kier alpha value is -0.0800. The molecule has 0 heterocycles. The molecule has 2 nitrogen and oxygen atoms in total. The molecule has 0 spiro atoms. The van der Waals surface area contributed by atoms with E-state index in [4.69, 9.17) is 11.5 Å². The highest BCUT2D eigenvalue weighted by atomic mass is 14.6. The van der Waals surface area contributed by atoms with Gasteiger partial charge in [0.1, 0.15) is 0 Å². The fraction of sp³-hybridized carbons (Fsp3) is 1.00. The highest BCUT2D eigenvalue weighted by molar-refractivity contribution is 4.80. The molecule has 0 bridgehead atoms. The molecule has 2 atom stereocenters. The van der Waals surface area contributed by atoms with Gasteiger partial charge in [-0.25, -0.2) is 0 Å².